The van der Waals surface area contributed by atoms with Crippen LogP contribution in [0.15, 0.2) is 42.5 Å². The maximum absolute atomic E-state index is 10.5. The average molecular weight is 518 g/mol. The first kappa shape index (κ1) is 25.6. The van der Waals surface area contributed by atoms with E-state index < -0.39 is 0 Å². The molecule has 2 aromatic carbocycles. The van der Waals surface area contributed by atoms with E-state index in [2.05, 4.69) is 80.4 Å². The maximum Gasteiger partial charge on any atom is 0.149 e. The minimum absolute atomic E-state index is 0. The number of benzene rings is 2. The van der Waals surface area contributed by atoms with Crippen LogP contribution in [0.25, 0.3) is 10.8 Å². The Hall–Kier alpha value is -3.05. The maximum atomic E-state index is 10.5. The molecule has 0 bridgehead atoms. The van der Waals surface area contributed by atoms with Crippen LogP contribution in [0, 0.1) is 11.3 Å². The minimum Gasteiger partial charge on any atom is -0.366 e. The van der Waals surface area contributed by atoms with Crippen LogP contribution in [0.3, 0.4) is 0 Å². The van der Waals surface area contributed by atoms with Gasteiger partial charge in [0, 0.05) is 82.1 Å². The second kappa shape index (κ2) is 11.1. The fourth-order valence-electron chi connectivity index (χ4n) is 6.05. The molecule has 8 heteroatoms. The number of nitrogens with zero attached hydrogens (tertiary/aromatic N) is 6. The first-order valence-corrected chi connectivity index (χ1v) is 13.4. The van der Waals surface area contributed by atoms with Gasteiger partial charge in [0.15, 0.2) is 0 Å². The van der Waals surface area contributed by atoms with Gasteiger partial charge in [-0.2, -0.15) is 5.26 Å². The number of pyridine rings is 1. The molecule has 0 atom stereocenters. The Morgan fingerprint density at radius 2 is 1.57 bits per heavy atom. The van der Waals surface area contributed by atoms with E-state index in [-0.39, 0.29) is 12.4 Å². The van der Waals surface area contributed by atoms with Crippen LogP contribution in [0.5, 0.6) is 0 Å². The second-order valence-corrected chi connectivity index (χ2v) is 10.0. The van der Waals surface area contributed by atoms with E-state index in [1.165, 1.54) is 27.6 Å². The number of aromatic nitrogens is 1. The van der Waals surface area contributed by atoms with Crippen molar-refractivity contribution in [3.8, 4) is 6.07 Å². The van der Waals surface area contributed by atoms with E-state index in [9.17, 15) is 5.26 Å². The van der Waals surface area contributed by atoms with Crippen molar-refractivity contribution in [2.45, 2.75) is 19.9 Å². The molecular formula is C29H36ClN7. The predicted octanol–water partition coefficient (Wildman–Crippen LogP) is 3.64. The van der Waals surface area contributed by atoms with Gasteiger partial charge in [-0.25, -0.2) is 4.98 Å². The summed E-state index contributed by atoms with van der Waals surface area (Å²) in [5.74, 6) is 2.00. The monoisotopic (exact) mass is 517 g/mol. The van der Waals surface area contributed by atoms with Gasteiger partial charge >= 0.3 is 0 Å². The van der Waals surface area contributed by atoms with Gasteiger partial charge in [-0.05, 0) is 30.0 Å². The van der Waals surface area contributed by atoms with Gasteiger partial charge in [0.25, 0.3) is 0 Å². The fraction of sp³-hybridized carbons (Fsp3) is 0.448. The summed E-state index contributed by atoms with van der Waals surface area (Å²) >= 11 is 0. The predicted molar refractivity (Wildman–Crippen MR) is 154 cm³/mol. The molecule has 0 aliphatic carbocycles. The van der Waals surface area contributed by atoms with Crippen molar-refractivity contribution < 1.29 is 0 Å². The van der Waals surface area contributed by atoms with Gasteiger partial charge in [-0.1, -0.05) is 43.3 Å². The summed E-state index contributed by atoms with van der Waals surface area (Å²) in [6.45, 7) is 12.7. The summed E-state index contributed by atoms with van der Waals surface area (Å²) in [6.07, 6.45) is 0.906. The van der Waals surface area contributed by atoms with Gasteiger partial charge in [0.05, 0.1) is 5.56 Å². The van der Waals surface area contributed by atoms with Crippen molar-refractivity contribution in [3.05, 3.63) is 59.2 Å². The number of nitriles is 1. The lowest BCUT2D eigenvalue weighted by molar-refractivity contribution is 0.270. The lowest BCUT2D eigenvalue weighted by atomic mass is 9.94. The van der Waals surface area contributed by atoms with E-state index in [1.54, 1.807) is 0 Å². The van der Waals surface area contributed by atoms with Gasteiger partial charge in [0.2, 0.25) is 0 Å². The second-order valence-electron chi connectivity index (χ2n) is 10.0. The van der Waals surface area contributed by atoms with Crippen LogP contribution in [-0.4, -0.2) is 75.3 Å². The Labute approximate surface area is 226 Å². The SMILES string of the molecule is CCN1CCN(c2nc(N3CCNCC3)c3c(c2C#N)CN(c2cccc4ccccc24)CC3)CC1.Cl. The van der Waals surface area contributed by atoms with Crippen LogP contribution in [-0.2, 0) is 13.0 Å². The smallest absolute Gasteiger partial charge is 0.149 e. The van der Waals surface area contributed by atoms with E-state index in [4.69, 9.17) is 4.98 Å². The number of halogens is 1. The van der Waals surface area contributed by atoms with E-state index in [0.29, 0.717) is 0 Å². The number of fused-ring (bicyclic) bond motifs is 2. The number of nitrogens with one attached hydrogen (secondary N) is 1. The molecule has 3 aromatic rings. The molecule has 0 amide bonds. The zero-order valence-corrected chi connectivity index (χ0v) is 22.4. The quantitative estimate of drug-likeness (QED) is 0.567. The van der Waals surface area contributed by atoms with Crippen LogP contribution >= 0.6 is 12.4 Å². The lowest BCUT2D eigenvalue weighted by Gasteiger charge is -2.39. The minimum atomic E-state index is 0. The number of hydrogen-bond acceptors (Lipinski definition) is 7. The summed E-state index contributed by atoms with van der Waals surface area (Å²) < 4.78 is 0. The molecule has 2 saturated heterocycles. The Kier molecular flexibility index (Phi) is 7.71. The standard InChI is InChI=1S/C29H35N7.ClH/c1-2-33-16-18-35(19-17-33)29-25(20-30)26-21-36(27-9-5-7-22-6-3-4-8-23(22)27)13-10-24(26)28(32-29)34-14-11-31-12-15-34;/h3-9,31H,2,10-19,21H2,1H3;1H. The Bertz CT molecular complexity index is 1280. The normalized spacial score (nSPS) is 18.3. The molecule has 7 nitrogen and oxygen atoms in total. The first-order valence-electron chi connectivity index (χ1n) is 13.4. The van der Waals surface area contributed by atoms with Crippen LogP contribution in [0.1, 0.15) is 23.6 Å². The van der Waals surface area contributed by atoms with Crippen molar-refractivity contribution in [2.24, 2.45) is 0 Å². The zero-order chi connectivity index (χ0) is 24.5. The molecule has 6 rings (SSSR count). The number of hydrogen-bond donors (Lipinski definition) is 1. The topological polar surface area (TPSA) is 61.7 Å². The molecule has 0 unspecified atom stereocenters. The number of piperazine rings is 2. The van der Waals surface area contributed by atoms with E-state index in [0.717, 1.165) is 95.6 Å². The largest absolute Gasteiger partial charge is 0.366 e. The molecule has 1 aromatic heterocycles. The summed E-state index contributed by atoms with van der Waals surface area (Å²) in [5, 5.41) is 16.5. The van der Waals surface area contributed by atoms with Crippen molar-refractivity contribution >= 4 is 40.5 Å². The zero-order valence-electron chi connectivity index (χ0n) is 21.6. The molecule has 0 radical (unpaired) electrons. The third kappa shape index (κ3) is 4.82. The molecule has 2 fully saturated rings. The van der Waals surface area contributed by atoms with Crippen LogP contribution in [0.4, 0.5) is 17.3 Å². The summed E-state index contributed by atoms with van der Waals surface area (Å²) in [4.78, 5) is 15.0. The number of anilines is 3. The molecule has 194 valence electrons. The van der Waals surface area contributed by atoms with Gasteiger partial charge in [-0.3, -0.25) is 0 Å². The summed E-state index contributed by atoms with van der Waals surface area (Å²) in [7, 11) is 0. The van der Waals surface area contributed by atoms with Gasteiger partial charge < -0.3 is 24.9 Å². The summed E-state index contributed by atoms with van der Waals surface area (Å²) in [5.41, 5.74) is 4.48. The molecule has 3 aliphatic heterocycles. The average Bonchev–Trinajstić information content (AvgIpc) is 2.96. The molecular weight excluding hydrogens is 482 g/mol. The van der Waals surface area contributed by atoms with Gasteiger partial charge in [0.1, 0.15) is 17.7 Å². The Morgan fingerprint density at radius 3 is 2.32 bits per heavy atom. The first-order chi connectivity index (χ1) is 17.8. The lowest BCUT2D eigenvalue weighted by Crippen LogP contribution is -2.48. The highest BCUT2D eigenvalue weighted by Crippen LogP contribution is 2.38. The third-order valence-electron chi connectivity index (χ3n) is 8.11. The van der Waals surface area contributed by atoms with Crippen molar-refractivity contribution in [1.82, 2.24) is 15.2 Å². The molecule has 37 heavy (non-hydrogen) atoms. The van der Waals surface area contributed by atoms with Crippen molar-refractivity contribution in [2.75, 3.05) is 80.1 Å². The Balaban J connectivity index is 0.00000280. The van der Waals surface area contributed by atoms with Crippen molar-refractivity contribution in [1.29, 1.82) is 5.26 Å². The third-order valence-corrected chi connectivity index (χ3v) is 8.11. The molecule has 1 N–H and O–H groups in total. The van der Waals surface area contributed by atoms with E-state index in [1.807, 2.05) is 0 Å². The molecule has 4 heterocycles. The number of rotatable bonds is 4. The molecule has 0 spiro atoms. The fourth-order valence-corrected chi connectivity index (χ4v) is 6.05. The highest BCUT2D eigenvalue weighted by atomic mass is 35.5. The molecule has 0 saturated carbocycles. The van der Waals surface area contributed by atoms with Crippen molar-refractivity contribution in [3.63, 3.8) is 0 Å². The van der Waals surface area contributed by atoms with E-state index >= 15 is 0 Å². The summed E-state index contributed by atoms with van der Waals surface area (Å²) in [6, 6.07) is 17.8. The van der Waals surface area contributed by atoms with Crippen LogP contribution in [0.2, 0.25) is 0 Å². The number of likely N-dealkylation sites (N-methyl/N-ethyl adjacent to an activating group) is 1. The highest BCUT2D eigenvalue weighted by molar-refractivity contribution is 5.94. The molecule has 3 aliphatic rings. The Morgan fingerprint density at radius 1 is 0.838 bits per heavy atom. The van der Waals surface area contributed by atoms with Crippen LogP contribution < -0.4 is 20.0 Å². The highest BCUT2D eigenvalue weighted by Gasteiger charge is 2.31. The van der Waals surface area contributed by atoms with Gasteiger partial charge in [-0.15, -0.1) is 12.4 Å².